The SMILES string of the molecule is CCCCOc1ccc(C(=O)NCC(=O)N(CC)Cc2ccc(C(=O)N(C)C)cc2)cc1. The average molecular weight is 440 g/mol. The second kappa shape index (κ2) is 12.5. The lowest BCUT2D eigenvalue weighted by Gasteiger charge is -2.21. The van der Waals surface area contributed by atoms with Gasteiger partial charge in [0.2, 0.25) is 5.91 Å². The zero-order valence-corrected chi connectivity index (χ0v) is 19.4. The first-order chi connectivity index (χ1) is 15.3. The Morgan fingerprint density at radius 2 is 1.53 bits per heavy atom. The number of benzene rings is 2. The fourth-order valence-corrected chi connectivity index (χ4v) is 3.01. The standard InChI is InChI=1S/C25H33N3O4/c1-5-7-16-32-22-14-12-20(13-15-22)24(30)26-17-23(29)28(6-2)18-19-8-10-21(11-9-19)25(31)27(3)4/h8-15H,5-7,16-18H2,1-4H3,(H,26,30). The molecule has 0 aliphatic rings. The van der Waals surface area contributed by atoms with Crippen molar-refractivity contribution in [2.24, 2.45) is 0 Å². The van der Waals surface area contributed by atoms with Crippen LogP contribution < -0.4 is 10.1 Å². The molecule has 2 rings (SSSR count). The van der Waals surface area contributed by atoms with Crippen molar-refractivity contribution in [3.05, 3.63) is 65.2 Å². The molecular weight excluding hydrogens is 406 g/mol. The van der Waals surface area contributed by atoms with Gasteiger partial charge in [-0.05, 0) is 55.3 Å². The Labute approximate surface area is 190 Å². The van der Waals surface area contributed by atoms with Gasteiger partial charge >= 0.3 is 0 Å². The van der Waals surface area contributed by atoms with Crippen molar-refractivity contribution >= 4 is 17.7 Å². The summed E-state index contributed by atoms with van der Waals surface area (Å²) in [5.41, 5.74) is 1.99. The lowest BCUT2D eigenvalue weighted by atomic mass is 10.1. The molecule has 0 saturated heterocycles. The zero-order chi connectivity index (χ0) is 23.5. The fourth-order valence-electron chi connectivity index (χ4n) is 3.01. The third-order valence-corrected chi connectivity index (χ3v) is 5.00. The van der Waals surface area contributed by atoms with E-state index in [-0.39, 0.29) is 24.3 Å². The van der Waals surface area contributed by atoms with Crippen LogP contribution in [0.25, 0.3) is 0 Å². The van der Waals surface area contributed by atoms with Crippen LogP contribution in [0.2, 0.25) is 0 Å². The highest BCUT2D eigenvalue weighted by molar-refractivity contribution is 5.96. The van der Waals surface area contributed by atoms with Crippen LogP contribution in [0, 0.1) is 0 Å². The number of amides is 3. The van der Waals surface area contributed by atoms with Crippen LogP contribution in [0.4, 0.5) is 0 Å². The van der Waals surface area contributed by atoms with Crippen molar-refractivity contribution in [1.82, 2.24) is 15.1 Å². The molecule has 0 unspecified atom stereocenters. The molecule has 2 aromatic carbocycles. The molecule has 0 bridgehead atoms. The van der Waals surface area contributed by atoms with Crippen LogP contribution in [0.3, 0.4) is 0 Å². The fraction of sp³-hybridized carbons (Fsp3) is 0.400. The predicted octanol–water partition coefficient (Wildman–Crippen LogP) is 3.35. The third kappa shape index (κ3) is 7.41. The summed E-state index contributed by atoms with van der Waals surface area (Å²) in [7, 11) is 3.41. The van der Waals surface area contributed by atoms with E-state index in [1.165, 1.54) is 4.90 Å². The molecule has 172 valence electrons. The molecule has 0 spiro atoms. The number of rotatable bonds is 11. The Morgan fingerprint density at radius 3 is 2.09 bits per heavy atom. The molecule has 0 heterocycles. The van der Waals surface area contributed by atoms with E-state index in [9.17, 15) is 14.4 Å². The minimum absolute atomic E-state index is 0.0664. The molecule has 0 atom stereocenters. The van der Waals surface area contributed by atoms with Gasteiger partial charge in [0.05, 0.1) is 13.2 Å². The molecule has 3 amide bonds. The topological polar surface area (TPSA) is 79.0 Å². The quantitative estimate of drug-likeness (QED) is 0.545. The molecule has 7 nitrogen and oxygen atoms in total. The third-order valence-electron chi connectivity index (χ3n) is 5.00. The first kappa shape index (κ1) is 24.9. The highest BCUT2D eigenvalue weighted by Crippen LogP contribution is 2.13. The van der Waals surface area contributed by atoms with E-state index >= 15 is 0 Å². The van der Waals surface area contributed by atoms with Crippen LogP contribution in [0.1, 0.15) is 53.0 Å². The van der Waals surface area contributed by atoms with Gasteiger partial charge in [0.15, 0.2) is 0 Å². The Kier molecular flexibility index (Phi) is 9.73. The van der Waals surface area contributed by atoms with Gasteiger partial charge in [-0.15, -0.1) is 0 Å². The van der Waals surface area contributed by atoms with E-state index < -0.39 is 0 Å². The van der Waals surface area contributed by atoms with Gasteiger partial charge in [-0.3, -0.25) is 14.4 Å². The minimum Gasteiger partial charge on any atom is -0.494 e. The van der Waals surface area contributed by atoms with E-state index in [1.807, 2.05) is 19.1 Å². The van der Waals surface area contributed by atoms with Crippen molar-refractivity contribution in [3.63, 3.8) is 0 Å². The maximum atomic E-state index is 12.6. The zero-order valence-electron chi connectivity index (χ0n) is 19.4. The van der Waals surface area contributed by atoms with E-state index in [1.54, 1.807) is 55.4 Å². The Bertz CT molecular complexity index is 892. The van der Waals surface area contributed by atoms with Gasteiger partial charge in [0, 0.05) is 38.3 Å². The highest BCUT2D eigenvalue weighted by Gasteiger charge is 2.15. The Morgan fingerprint density at radius 1 is 0.906 bits per heavy atom. The molecule has 1 N–H and O–H groups in total. The smallest absolute Gasteiger partial charge is 0.253 e. The lowest BCUT2D eigenvalue weighted by molar-refractivity contribution is -0.130. The molecule has 0 aliphatic heterocycles. The van der Waals surface area contributed by atoms with Crippen LogP contribution in [-0.2, 0) is 11.3 Å². The van der Waals surface area contributed by atoms with E-state index in [4.69, 9.17) is 4.74 Å². The number of likely N-dealkylation sites (N-methyl/N-ethyl adjacent to an activating group) is 1. The molecule has 0 fully saturated rings. The molecule has 0 radical (unpaired) electrons. The van der Waals surface area contributed by atoms with Crippen molar-refractivity contribution in [3.8, 4) is 5.75 Å². The second-order valence-electron chi connectivity index (χ2n) is 7.71. The Hall–Kier alpha value is -3.35. The van der Waals surface area contributed by atoms with Crippen molar-refractivity contribution in [2.75, 3.05) is 33.8 Å². The summed E-state index contributed by atoms with van der Waals surface area (Å²) in [6.07, 6.45) is 2.04. The summed E-state index contributed by atoms with van der Waals surface area (Å²) in [4.78, 5) is 40.2. The van der Waals surface area contributed by atoms with Gasteiger partial charge in [-0.1, -0.05) is 25.5 Å². The number of carbonyl (C=O) groups excluding carboxylic acids is 3. The number of ether oxygens (including phenoxy) is 1. The van der Waals surface area contributed by atoms with E-state index in [0.29, 0.717) is 30.8 Å². The Balaban J connectivity index is 1.87. The van der Waals surface area contributed by atoms with Gasteiger partial charge < -0.3 is 19.9 Å². The van der Waals surface area contributed by atoms with Gasteiger partial charge in [-0.25, -0.2) is 0 Å². The molecule has 0 aromatic heterocycles. The van der Waals surface area contributed by atoms with Crippen molar-refractivity contribution in [2.45, 2.75) is 33.2 Å². The summed E-state index contributed by atoms with van der Waals surface area (Å²) in [6, 6.07) is 14.1. The van der Waals surface area contributed by atoms with Gasteiger partial charge in [0.25, 0.3) is 11.8 Å². The maximum absolute atomic E-state index is 12.6. The number of hydrogen-bond acceptors (Lipinski definition) is 4. The van der Waals surface area contributed by atoms with E-state index in [0.717, 1.165) is 24.2 Å². The maximum Gasteiger partial charge on any atom is 0.253 e. The van der Waals surface area contributed by atoms with Gasteiger partial charge in [-0.2, -0.15) is 0 Å². The predicted molar refractivity (Wildman–Crippen MR) is 125 cm³/mol. The van der Waals surface area contributed by atoms with Crippen LogP contribution in [0.15, 0.2) is 48.5 Å². The van der Waals surface area contributed by atoms with Crippen LogP contribution in [-0.4, -0.2) is 61.3 Å². The van der Waals surface area contributed by atoms with Crippen LogP contribution >= 0.6 is 0 Å². The lowest BCUT2D eigenvalue weighted by Crippen LogP contribution is -2.39. The van der Waals surface area contributed by atoms with Crippen molar-refractivity contribution < 1.29 is 19.1 Å². The highest BCUT2D eigenvalue weighted by atomic mass is 16.5. The number of carbonyl (C=O) groups is 3. The van der Waals surface area contributed by atoms with Crippen molar-refractivity contribution in [1.29, 1.82) is 0 Å². The summed E-state index contributed by atoms with van der Waals surface area (Å²) < 4.78 is 5.60. The van der Waals surface area contributed by atoms with Crippen LogP contribution in [0.5, 0.6) is 5.75 Å². The largest absolute Gasteiger partial charge is 0.494 e. The number of hydrogen-bond donors (Lipinski definition) is 1. The monoisotopic (exact) mass is 439 g/mol. The summed E-state index contributed by atoms with van der Waals surface area (Å²) in [6.45, 7) is 5.47. The van der Waals surface area contributed by atoms with Gasteiger partial charge in [0.1, 0.15) is 5.75 Å². The summed E-state index contributed by atoms with van der Waals surface area (Å²) in [5, 5.41) is 2.69. The normalized spacial score (nSPS) is 10.4. The number of unbranched alkanes of at least 4 members (excludes halogenated alkanes) is 1. The number of nitrogens with one attached hydrogen (secondary N) is 1. The summed E-state index contributed by atoms with van der Waals surface area (Å²) in [5.74, 6) is 0.180. The van der Waals surface area contributed by atoms with E-state index in [2.05, 4.69) is 12.2 Å². The summed E-state index contributed by atoms with van der Waals surface area (Å²) >= 11 is 0. The number of nitrogens with zero attached hydrogens (tertiary/aromatic N) is 2. The molecular formula is C25H33N3O4. The molecule has 7 heteroatoms. The molecule has 0 saturated carbocycles. The second-order valence-corrected chi connectivity index (χ2v) is 7.71. The molecule has 32 heavy (non-hydrogen) atoms. The molecule has 2 aromatic rings. The first-order valence-electron chi connectivity index (χ1n) is 10.9. The molecule has 0 aliphatic carbocycles. The first-order valence-corrected chi connectivity index (χ1v) is 10.9. The average Bonchev–Trinajstić information content (AvgIpc) is 2.81. The minimum atomic E-state index is -0.305.